The minimum atomic E-state index is -0.263. The normalized spacial score (nSPS) is 44.0. The first-order valence-corrected chi connectivity index (χ1v) is 14.0. The zero-order chi connectivity index (χ0) is 26.5. The molecule has 196 valence electrons. The topological polar surface area (TPSA) is 66.4 Å². The molecule has 5 aliphatic rings. The third-order valence-electron chi connectivity index (χ3n) is 11.8. The fraction of sp³-hybridized carbons (Fsp3) is 0.688. The van der Waals surface area contributed by atoms with E-state index in [1.54, 1.807) is 6.08 Å². The monoisotopic (exact) mass is 491 g/mol. The van der Waals surface area contributed by atoms with Gasteiger partial charge in [0.2, 0.25) is 11.7 Å². The zero-order valence-electron chi connectivity index (χ0n) is 23.6. The average Bonchev–Trinajstić information content (AvgIpc) is 2.81. The predicted molar refractivity (Wildman–Crippen MR) is 144 cm³/mol. The predicted octanol–water partition coefficient (Wildman–Crippen LogP) is 7.14. The highest BCUT2D eigenvalue weighted by Gasteiger charge is 2.66. The van der Waals surface area contributed by atoms with Crippen LogP contribution < -0.4 is 5.32 Å². The number of aliphatic hydroxyl groups excluding tert-OH is 1. The molecule has 4 nitrogen and oxygen atoms in total. The lowest BCUT2D eigenvalue weighted by atomic mass is 9.35. The second-order valence-electron chi connectivity index (χ2n) is 14.3. The van der Waals surface area contributed by atoms with Crippen LogP contribution in [0.2, 0.25) is 0 Å². The molecule has 0 aromatic heterocycles. The van der Waals surface area contributed by atoms with E-state index in [0.29, 0.717) is 11.5 Å². The van der Waals surface area contributed by atoms with Crippen LogP contribution in [0.4, 0.5) is 0 Å². The molecule has 0 heterocycles. The van der Waals surface area contributed by atoms with E-state index in [9.17, 15) is 14.7 Å². The van der Waals surface area contributed by atoms with Gasteiger partial charge in [-0.2, -0.15) is 0 Å². The Balaban J connectivity index is 1.57. The van der Waals surface area contributed by atoms with Crippen molar-refractivity contribution in [2.24, 2.45) is 33.5 Å². The van der Waals surface area contributed by atoms with Crippen molar-refractivity contribution in [3.63, 3.8) is 0 Å². The molecule has 3 fully saturated rings. The second-order valence-corrected chi connectivity index (χ2v) is 14.3. The zero-order valence-corrected chi connectivity index (χ0v) is 23.6. The number of fused-ring (bicyclic) bond motifs is 7. The van der Waals surface area contributed by atoms with Gasteiger partial charge in [0.25, 0.3) is 0 Å². The van der Waals surface area contributed by atoms with Crippen LogP contribution in [0, 0.1) is 33.5 Å². The lowest BCUT2D eigenvalue weighted by molar-refractivity contribution is -0.156. The van der Waals surface area contributed by atoms with Gasteiger partial charge in [-0.05, 0) is 98.2 Å². The van der Waals surface area contributed by atoms with E-state index in [-0.39, 0.29) is 50.6 Å². The maximum Gasteiger partial charge on any atom is 0.222 e. The Morgan fingerprint density at radius 1 is 1.00 bits per heavy atom. The molecular formula is C32H45NO3. The van der Waals surface area contributed by atoms with Crippen LogP contribution in [0.25, 0.3) is 0 Å². The first kappa shape index (κ1) is 25.5. The van der Waals surface area contributed by atoms with Crippen molar-refractivity contribution in [1.82, 2.24) is 5.32 Å². The molecule has 5 rings (SSSR count). The fourth-order valence-electron chi connectivity index (χ4n) is 9.01. The van der Waals surface area contributed by atoms with Crippen LogP contribution in [-0.2, 0) is 9.59 Å². The summed E-state index contributed by atoms with van der Waals surface area (Å²) in [5.74, 6) is 0.290. The molecule has 1 amide bonds. The van der Waals surface area contributed by atoms with Crippen LogP contribution in [0.1, 0.15) is 100 Å². The van der Waals surface area contributed by atoms with E-state index in [4.69, 9.17) is 0 Å². The summed E-state index contributed by atoms with van der Waals surface area (Å²) in [6.07, 6.45) is 13.9. The summed E-state index contributed by atoms with van der Waals surface area (Å²) in [6.45, 7) is 17.9. The first-order chi connectivity index (χ1) is 16.6. The van der Waals surface area contributed by atoms with Crippen molar-refractivity contribution in [2.45, 2.75) is 106 Å². The van der Waals surface area contributed by atoms with E-state index < -0.39 is 0 Å². The highest BCUT2D eigenvalue weighted by Crippen LogP contribution is 2.75. The van der Waals surface area contributed by atoms with Crippen LogP contribution >= 0.6 is 0 Å². The number of ketones is 1. The molecule has 0 aromatic rings. The third kappa shape index (κ3) is 3.24. The molecule has 0 aliphatic heterocycles. The van der Waals surface area contributed by atoms with Gasteiger partial charge in [-0.15, -0.1) is 0 Å². The lowest BCUT2D eigenvalue weighted by Crippen LogP contribution is -2.64. The van der Waals surface area contributed by atoms with Gasteiger partial charge in [0.15, 0.2) is 5.76 Å². The Morgan fingerprint density at radius 3 is 2.33 bits per heavy atom. The number of amides is 1. The van der Waals surface area contributed by atoms with Gasteiger partial charge in [-0.1, -0.05) is 59.3 Å². The minimum Gasteiger partial charge on any atom is -0.504 e. The van der Waals surface area contributed by atoms with Gasteiger partial charge in [-0.3, -0.25) is 9.59 Å². The second kappa shape index (κ2) is 7.71. The molecule has 36 heavy (non-hydrogen) atoms. The average molecular weight is 492 g/mol. The van der Waals surface area contributed by atoms with E-state index in [2.05, 4.69) is 52.1 Å². The number of aliphatic hydroxyl groups is 1. The number of rotatable bonds is 2. The largest absolute Gasteiger partial charge is 0.504 e. The SMILES string of the molecule is CC1=C(O)C(=O)C=C2C1=CC=C1[C@@]2(C)CC[C@@]2(C)[C@@H]3C[C@](C)(NC(=O)C(C)C)CC[C@]3(C)CC[C@]12C. The summed E-state index contributed by atoms with van der Waals surface area (Å²) >= 11 is 0. The summed E-state index contributed by atoms with van der Waals surface area (Å²) < 4.78 is 0. The Kier molecular flexibility index (Phi) is 5.47. The van der Waals surface area contributed by atoms with Crippen molar-refractivity contribution in [2.75, 3.05) is 0 Å². The smallest absolute Gasteiger partial charge is 0.222 e. The van der Waals surface area contributed by atoms with E-state index in [0.717, 1.165) is 49.7 Å². The molecule has 4 heteroatoms. The van der Waals surface area contributed by atoms with Crippen LogP contribution in [-0.4, -0.2) is 22.3 Å². The van der Waals surface area contributed by atoms with E-state index >= 15 is 0 Å². The standard InChI is InChI=1S/C32H45NO3/c1-19(2)27(36)33-29(5)13-11-28(4)12-15-31(7)24-10-9-21-20(3)26(35)23(34)17-22(21)30(24,6)14-16-32(31,8)25(28)18-29/h9-10,17,19,25,35H,11-16,18H2,1-8H3,(H,33,36)/t25-,28-,29-,30+,31-,32+/m1/s1. The Hall–Kier alpha value is -2.10. The number of carbonyl (C=O) groups excluding carboxylic acids is 2. The van der Waals surface area contributed by atoms with E-state index in [1.807, 2.05) is 20.8 Å². The maximum atomic E-state index is 12.7. The molecule has 3 saturated carbocycles. The maximum absolute atomic E-state index is 12.7. The molecule has 0 bridgehead atoms. The van der Waals surface area contributed by atoms with Gasteiger partial charge in [-0.25, -0.2) is 0 Å². The van der Waals surface area contributed by atoms with Crippen molar-refractivity contribution in [1.29, 1.82) is 0 Å². The summed E-state index contributed by atoms with van der Waals surface area (Å²) in [4.78, 5) is 25.4. The van der Waals surface area contributed by atoms with Gasteiger partial charge in [0, 0.05) is 22.4 Å². The first-order valence-electron chi connectivity index (χ1n) is 14.0. The summed E-state index contributed by atoms with van der Waals surface area (Å²) in [5.41, 5.74) is 4.30. The molecule has 0 aromatic carbocycles. The molecule has 0 radical (unpaired) electrons. The highest BCUT2D eigenvalue weighted by atomic mass is 16.3. The molecule has 0 unspecified atom stereocenters. The molecule has 0 saturated heterocycles. The number of allylic oxidation sites excluding steroid dienone is 7. The van der Waals surface area contributed by atoms with Crippen LogP contribution in [0.5, 0.6) is 0 Å². The summed E-state index contributed by atoms with van der Waals surface area (Å²) in [5, 5.41) is 13.8. The van der Waals surface area contributed by atoms with Crippen LogP contribution in [0.3, 0.4) is 0 Å². The Bertz CT molecular complexity index is 1170. The number of hydrogen-bond donors (Lipinski definition) is 2. The number of carbonyl (C=O) groups is 2. The summed E-state index contributed by atoms with van der Waals surface area (Å²) in [6, 6.07) is 0. The third-order valence-corrected chi connectivity index (χ3v) is 11.8. The van der Waals surface area contributed by atoms with E-state index in [1.165, 1.54) is 12.0 Å². The summed E-state index contributed by atoms with van der Waals surface area (Å²) in [7, 11) is 0. The van der Waals surface area contributed by atoms with Crippen molar-refractivity contribution >= 4 is 11.7 Å². The highest BCUT2D eigenvalue weighted by molar-refractivity contribution is 6.06. The Labute approximate surface area is 217 Å². The Morgan fingerprint density at radius 2 is 1.67 bits per heavy atom. The van der Waals surface area contributed by atoms with Gasteiger partial charge in [0.05, 0.1) is 0 Å². The van der Waals surface area contributed by atoms with Gasteiger partial charge in [0.1, 0.15) is 0 Å². The van der Waals surface area contributed by atoms with Gasteiger partial charge >= 0.3 is 0 Å². The van der Waals surface area contributed by atoms with Gasteiger partial charge < -0.3 is 10.4 Å². The molecule has 2 N–H and O–H groups in total. The lowest BCUT2D eigenvalue weighted by Gasteiger charge is -2.70. The van der Waals surface area contributed by atoms with Crippen molar-refractivity contribution in [3.05, 3.63) is 46.3 Å². The quantitative estimate of drug-likeness (QED) is 0.431. The number of hydrogen-bond acceptors (Lipinski definition) is 3. The molecular weight excluding hydrogens is 446 g/mol. The molecule has 5 aliphatic carbocycles. The molecule has 6 atom stereocenters. The molecule has 0 spiro atoms. The van der Waals surface area contributed by atoms with Crippen LogP contribution in [0.15, 0.2) is 46.3 Å². The fourth-order valence-corrected chi connectivity index (χ4v) is 9.01. The number of nitrogens with one attached hydrogen (secondary N) is 1. The van der Waals surface area contributed by atoms with Crippen molar-refractivity contribution in [3.8, 4) is 0 Å². The minimum absolute atomic E-state index is 0.00506. The van der Waals surface area contributed by atoms with Crippen molar-refractivity contribution < 1.29 is 14.7 Å².